The fraction of sp³-hybridized carbons (Fsp3) is 0.0233. The van der Waals surface area contributed by atoms with E-state index in [9.17, 15) is 0 Å². The molecule has 2 aliphatic rings. The number of rotatable bonds is 2. The summed E-state index contributed by atoms with van der Waals surface area (Å²) in [6.07, 6.45) is 8.43. The molecule has 3 heterocycles. The second kappa shape index (κ2) is 9.47. The summed E-state index contributed by atoms with van der Waals surface area (Å²) >= 11 is 0. The van der Waals surface area contributed by atoms with Crippen LogP contribution in [0, 0.1) is 0 Å². The molecule has 2 aliphatic carbocycles. The Morgan fingerprint density at radius 2 is 1.15 bits per heavy atom. The van der Waals surface area contributed by atoms with Crippen LogP contribution in [-0.4, -0.2) is 14.5 Å². The Bertz CT molecular complexity index is 2490. The Morgan fingerprint density at radius 1 is 0.478 bits per heavy atom. The number of fused-ring (bicyclic) bond motifs is 12. The standard InChI is InChI=1S/C43H27N3/c1-5-15-36-28(11-1)20-21-29-22-23-30(26-39(29)43(36)37-16-6-2-12-32(37)33-13-3-7-17-38(33)43)31-25-35-34-14-4-8-18-40(34)46(42(35)45-27-31)41-19-9-10-24-44-41/h1-27H. The number of hydrogen-bond acceptors (Lipinski definition) is 2. The third-order valence-corrected chi connectivity index (χ3v) is 9.94. The summed E-state index contributed by atoms with van der Waals surface area (Å²) in [6, 6.07) is 50.6. The van der Waals surface area contributed by atoms with Crippen LogP contribution in [0.3, 0.4) is 0 Å². The van der Waals surface area contributed by atoms with Crippen LogP contribution in [0.2, 0.25) is 0 Å². The molecule has 0 radical (unpaired) electrons. The van der Waals surface area contributed by atoms with E-state index in [2.05, 4.69) is 143 Å². The van der Waals surface area contributed by atoms with E-state index in [-0.39, 0.29) is 0 Å². The molecule has 3 aromatic heterocycles. The maximum atomic E-state index is 5.11. The van der Waals surface area contributed by atoms with Gasteiger partial charge in [0.25, 0.3) is 0 Å². The first-order chi connectivity index (χ1) is 22.8. The third kappa shape index (κ3) is 3.32. The molecule has 3 nitrogen and oxygen atoms in total. The van der Waals surface area contributed by atoms with Gasteiger partial charge in [0, 0.05) is 28.7 Å². The number of benzene rings is 5. The number of para-hydroxylation sites is 1. The van der Waals surface area contributed by atoms with Crippen LogP contribution >= 0.6 is 0 Å². The lowest BCUT2D eigenvalue weighted by Crippen LogP contribution is -2.30. The summed E-state index contributed by atoms with van der Waals surface area (Å²) in [5.41, 5.74) is 14.1. The van der Waals surface area contributed by atoms with Gasteiger partial charge >= 0.3 is 0 Å². The lowest BCUT2D eigenvalue weighted by Gasteiger charge is -2.35. The molecule has 10 rings (SSSR count). The van der Waals surface area contributed by atoms with Crippen molar-refractivity contribution in [3.05, 3.63) is 185 Å². The van der Waals surface area contributed by atoms with E-state index in [0.29, 0.717) is 0 Å². The number of hydrogen-bond donors (Lipinski definition) is 0. The van der Waals surface area contributed by atoms with E-state index in [0.717, 1.165) is 33.5 Å². The van der Waals surface area contributed by atoms with Crippen LogP contribution in [-0.2, 0) is 5.41 Å². The fourth-order valence-corrected chi connectivity index (χ4v) is 8.05. The molecule has 214 valence electrons. The minimum atomic E-state index is -0.453. The Labute approximate surface area is 266 Å². The highest BCUT2D eigenvalue weighted by Gasteiger charge is 2.48. The first kappa shape index (κ1) is 25.3. The van der Waals surface area contributed by atoms with Gasteiger partial charge in [0.1, 0.15) is 11.5 Å². The maximum absolute atomic E-state index is 5.11. The molecule has 0 saturated carbocycles. The maximum Gasteiger partial charge on any atom is 0.146 e. The number of pyridine rings is 2. The Morgan fingerprint density at radius 3 is 1.93 bits per heavy atom. The smallest absolute Gasteiger partial charge is 0.146 e. The monoisotopic (exact) mass is 585 g/mol. The average molecular weight is 586 g/mol. The zero-order valence-electron chi connectivity index (χ0n) is 24.9. The molecule has 46 heavy (non-hydrogen) atoms. The van der Waals surface area contributed by atoms with Crippen molar-refractivity contribution in [1.82, 2.24) is 14.5 Å². The van der Waals surface area contributed by atoms with Crippen molar-refractivity contribution >= 4 is 34.1 Å². The zero-order valence-corrected chi connectivity index (χ0v) is 24.9. The molecule has 0 amide bonds. The third-order valence-electron chi connectivity index (χ3n) is 9.94. The topological polar surface area (TPSA) is 30.7 Å². The minimum absolute atomic E-state index is 0.453. The van der Waals surface area contributed by atoms with Crippen molar-refractivity contribution in [2.24, 2.45) is 0 Å². The molecule has 0 N–H and O–H groups in total. The van der Waals surface area contributed by atoms with E-state index in [1.807, 2.05) is 30.6 Å². The van der Waals surface area contributed by atoms with Crippen LogP contribution in [0.5, 0.6) is 0 Å². The molecule has 0 fully saturated rings. The summed E-state index contributed by atoms with van der Waals surface area (Å²) in [4.78, 5) is 9.78. The van der Waals surface area contributed by atoms with Gasteiger partial charge in [-0.05, 0) is 80.4 Å². The van der Waals surface area contributed by atoms with E-state index in [1.165, 1.54) is 49.9 Å². The van der Waals surface area contributed by atoms with Gasteiger partial charge in [0.15, 0.2) is 0 Å². The van der Waals surface area contributed by atoms with Gasteiger partial charge in [0.2, 0.25) is 0 Å². The minimum Gasteiger partial charge on any atom is -0.278 e. The summed E-state index contributed by atoms with van der Waals surface area (Å²) in [5, 5.41) is 2.28. The lowest BCUT2D eigenvalue weighted by molar-refractivity contribution is 0.766. The van der Waals surface area contributed by atoms with Crippen molar-refractivity contribution in [3.63, 3.8) is 0 Å². The normalized spacial score (nSPS) is 13.7. The van der Waals surface area contributed by atoms with Crippen molar-refractivity contribution in [2.75, 3.05) is 0 Å². The fourth-order valence-electron chi connectivity index (χ4n) is 8.05. The first-order valence-electron chi connectivity index (χ1n) is 15.7. The van der Waals surface area contributed by atoms with E-state index in [4.69, 9.17) is 4.98 Å². The highest BCUT2D eigenvalue weighted by molar-refractivity contribution is 6.09. The quantitative estimate of drug-likeness (QED) is 0.202. The number of aromatic nitrogens is 3. The predicted octanol–water partition coefficient (Wildman–Crippen LogP) is 10.1. The van der Waals surface area contributed by atoms with Crippen molar-refractivity contribution in [1.29, 1.82) is 0 Å². The van der Waals surface area contributed by atoms with Crippen molar-refractivity contribution in [2.45, 2.75) is 5.41 Å². The molecule has 0 saturated heterocycles. The van der Waals surface area contributed by atoms with Crippen molar-refractivity contribution < 1.29 is 0 Å². The largest absolute Gasteiger partial charge is 0.278 e. The highest BCUT2D eigenvalue weighted by Crippen LogP contribution is 2.58. The molecule has 0 unspecified atom stereocenters. The average Bonchev–Trinajstić information content (AvgIpc) is 3.56. The predicted molar refractivity (Wildman–Crippen MR) is 188 cm³/mol. The van der Waals surface area contributed by atoms with Gasteiger partial charge in [0.05, 0.1) is 10.9 Å². The highest BCUT2D eigenvalue weighted by atomic mass is 15.1. The lowest BCUT2D eigenvalue weighted by atomic mass is 9.65. The van der Waals surface area contributed by atoms with Gasteiger partial charge in [-0.2, -0.15) is 0 Å². The molecule has 3 heteroatoms. The molecule has 5 aromatic carbocycles. The van der Waals surface area contributed by atoms with Crippen molar-refractivity contribution in [3.8, 4) is 28.1 Å². The van der Waals surface area contributed by atoms with Crippen LogP contribution in [0.1, 0.15) is 33.4 Å². The summed E-state index contributed by atoms with van der Waals surface area (Å²) in [6.45, 7) is 0. The van der Waals surface area contributed by atoms with E-state index < -0.39 is 5.41 Å². The molecule has 0 atom stereocenters. The summed E-state index contributed by atoms with van der Waals surface area (Å²) in [7, 11) is 0. The molecular formula is C43H27N3. The Hall–Kier alpha value is -6.06. The summed E-state index contributed by atoms with van der Waals surface area (Å²) in [5.74, 6) is 0.866. The second-order valence-electron chi connectivity index (χ2n) is 12.2. The van der Waals surface area contributed by atoms with Gasteiger partial charge in [-0.25, -0.2) is 9.97 Å². The SMILES string of the molecule is C1=Cc2ccc(-c3cnc4c(c3)c3ccccc3n4-c3ccccn3)cc2C2(c3ccccc31)c1ccccc1-c1ccccc12. The zero-order chi connectivity index (χ0) is 30.2. The first-order valence-corrected chi connectivity index (χ1v) is 15.7. The van der Waals surface area contributed by atoms with E-state index >= 15 is 0 Å². The Kier molecular flexibility index (Phi) is 5.20. The van der Waals surface area contributed by atoms with Crippen LogP contribution in [0.25, 0.3) is 62.2 Å². The molecule has 1 spiro atoms. The summed E-state index contributed by atoms with van der Waals surface area (Å²) < 4.78 is 2.16. The molecular weight excluding hydrogens is 558 g/mol. The van der Waals surface area contributed by atoms with Gasteiger partial charge in [-0.3, -0.25) is 4.57 Å². The molecule has 0 aliphatic heterocycles. The number of nitrogens with zero attached hydrogens (tertiary/aromatic N) is 3. The van der Waals surface area contributed by atoms with Gasteiger partial charge in [-0.1, -0.05) is 121 Å². The second-order valence-corrected chi connectivity index (χ2v) is 12.2. The Balaban J connectivity index is 1.26. The van der Waals surface area contributed by atoms with Crippen LogP contribution in [0.4, 0.5) is 0 Å². The molecule has 8 aromatic rings. The van der Waals surface area contributed by atoms with Gasteiger partial charge < -0.3 is 0 Å². The van der Waals surface area contributed by atoms with E-state index in [1.54, 1.807) is 0 Å². The van der Waals surface area contributed by atoms with Crippen LogP contribution in [0.15, 0.2) is 152 Å². The van der Waals surface area contributed by atoms with Gasteiger partial charge in [-0.15, -0.1) is 0 Å². The molecule has 0 bridgehead atoms. The van der Waals surface area contributed by atoms with Crippen LogP contribution < -0.4 is 0 Å².